The molecule has 4 heteroatoms. The first-order chi connectivity index (χ1) is 8.96. The first kappa shape index (κ1) is 12.9. The molecule has 2 N–H and O–H groups in total. The van der Waals surface area contributed by atoms with Gasteiger partial charge in [-0.05, 0) is 70.1 Å². The van der Waals surface area contributed by atoms with Gasteiger partial charge >= 0.3 is 6.03 Å². The molecule has 0 aromatic carbocycles. The first-order valence-electron chi connectivity index (χ1n) is 7.55. The van der Waals surface area contributed by atoms with E-state index in [1.807, 2.05) is 0 Å². The zero-order valence-electron chi connectivity index (χ0n) is 11.9. The summed E-state index contributed by atoms with van der Waals surface area (Å²) in [5.74, 6) is 2.45. The van der Waals surface area contributed by atoms with Crippen LogP contribution in [0, 0.1) is 17.8 Å². The number of carbonyl (C=O) groups is 2. The van der Waals surface area contributed by atoms with Crippen LogP contribution in [0.1, 0.15) is 52.4 Å². The minimum absolute atomic E-state index is 0.000613. The lowest BCUT2D eigenvalue weighted by atomic mass is 9.53. The fourth-order valence-electron chi connectivity index (χ4n) is 4.84. The molecule has 0 aromatic heterocycles. The average Bonchev–Trinajstić information content (AvgIpc) is 2.25. The second-order valence-corrected chi connectivity index (χ2v) is 7.13. The third kappa shape index (κ3) is 2.49. The predicted molar refractivity (Wildman–Crippen MR) is 72.7 cm³/mol. The second-order valence-electron chi connectivity index (χ2n) is 7.13. The van der Waals surface area contributed by atoms with Gasteiger partial charge in [-0.1, -0.05) is 0 Å². The van der Waals surface area contributed by atoms with Crippen molar-refractivity contribution in [3.8, 4) is 0 Å². The van der Waals surface area contributed by atoms with E-state index >= 15 is 0 Å². The molecule has 4 bridgehead atoms. The molecule has 0 saturated heterocycles. The molecule has 4 saturated carbocycles. The summed E-state index contributed by atoms with van der Waals surface area (Å²) in [6.07, 6.45) is 7.52. The van der Waals surface area contributed by atoms with Crippen molar-refractivity contribution in [1.82, 2.24) is 10.6 Å². The van der Waals surface area contributed by atoms with E-state index < -0.39 is 6.04 Å². The van der Waals surface area contributed by atoms with Gasteiger partial charge in [0.25, 0.3) is 0 Å². The summed E-state index contributed by atoms with van der Waals surface area (Å²) in [5.41, 5.74) is 0.0232. The average molecular weight is 264 g/mol. The standard InChI is InChI=1S/C15H24N2O2/c1-9(10(2)18)16-14(19)17-15-6-11-3-12(7-15)5-13(4-11)8-15/h9,11-13H,3-8H2,1-2H3,(H2,16,17,19). The van der Waals surface area contributed by atoms with Crippen LogP contribution in [0.15, 0.2) is 0 Å². The van der Waals surface area contributed by atoms with Gasteiger partial charge in [-0.3, -0.25) is 4.79 Å². The Morgan fingerprint density at radius 1 is 1.05 bits per heavy atom. The Kier molecular flexibility index (Phi) is 3.06. The Balaban J connectivity index is 1.63. The maximum atomic E-state index is 12.1. The van der Waals surface area contributed by atoms with E-state index in [-0.39, 0.29) is 17.4 Å². The Bertz CT molecular complexity index is 370. The minimum atomic E-state index is -0.395. The van der Waals surface area contributed by atoms with Crippen LogP contribution >= 0.6 is 0 Å². The largest absolute Gasteiger partial charge is 0.333 e. The maximum Gasteiger partial charge on any atom is 0.315 e. The van der Waals surface area contributed by atoms with E-state index in [9.17, 15) is 9.59 Å². The molecule has 4 rings (SSSR count). The summed E-state index contributed by atoms with van der Waals surface area (Å²) < 4.78 is 0. The van der Waals surface area contributed by atoms with E-state index in [1.165, 1.54) is 26.2 Å². The lowest BCUT2D eigenvalue weighted by Crippen LogP contribution is -2.62. The molecule has 0 spiro atoms. The van der Waals surface area contributed by atoms with Crippen LogP contribution in [0.2, 0.25) is 0 Å². The molecule has 4 fully saturated rings. The van der Waals surface area contributed by atoms with Crippen LogP contribution in [0.3, 0.4) is 0 Å². The van der Waals surface area contributed by atoms with Crippen molar-refractivity contribution in [2.45, 2.75) is 64.0 Å². The number of nitrogens with one attached hydrogen (secondary N) is 2. The van der Waals surface area contributed by atoms with Gasteiger partial charge < -0.3 is 10.6 Å². The van der Waals surface area contributed by atoms with Crippen molar-refractivity contribution in [3.63, 3.8) is 0 Å². The summed E-state index contributed by atoms with van der Waals surface area (Å²) in [6, 6.07) is -0.557. The Morgan fingerprint density at radius 3 is 1.95 bits per heavy atom. The summed E-state index contributed by atoms with van der Waals surface area (Å²) >= 11 is 0. The topological polar surface area (TPSA) is 58.2 Å². The SMILES string of the molecule is CC(=O)C(C)NC(=O)NC12CC3CC(CC(C3)C1)C2. The van der Waals surface area contributed by atoms with Crippen molar-refractivity contribution < 1.29 is 9.59 Å². The van der Waals surface area contributed by atoms with Crippen LogP contribution in [-0.4, -0.2) is 23.4 Å². The fourth-order valence-corrected chi connectivity index (χ4v) is 4.84. The highest BCUT2D eigenvalue weighted by atomic mass is 16.2. The molecule has 4 aliphatic rings. The van der Waals surface area contributed by atoms with Gasteiger partial charge in [0.2, 0.25) is 0 Å². The van der Waals surface area contributed by atoms with Gasteiger partial charge in [0.15, 0.2) is 5.78 Å². The summed E-state index contributed by atoms with van der Waals surface area (Å²) in [4.78, 5) is 23.3. The number of hydrogen-bond acceptors (Lipinski definition) is 2. The van der Waals surface area contributed by atoms with Crippen molar-refractivity contribution in [2.75, 3.05) is 0 Å². The zero-order chi connectivity index (χ0) is 13.6. The molecule has 0 aromatic rings. The number of Topliss-reactive ketones (excluding diaryl/α,β-unsaturated/α-hetero) is 1. The minimum Gasteiger partial charge on any atom is -0.333 e. The Labute approximate surface area is 114 Å². The Hall–Kier alpha value is -1.06. The van der Waals surface area contributed by atoms with Crippen LogP contribution in [0.4, 0.5) is 4.79 Å². The maximum absolute atomic E-state index is 12.1. The van der Waals surface area contributed by atoms with Crippen molar-refractivity contribution in [1.29, 1.82) is 0 Å². The summed E-state index contributed by atoms with van der Waals surface area (Å²) in [5, 5.41) is 5.96. The number of urea groups is 1. The number of carbonyl (C=O) groups excluding carboxylic acids is 2. The van der Waals surface area contributed by atoms with E-state index in [0.717, 1.165) is 37.0 Å². The predicted octanol–water partition coefficient (Wildman–Crippen LogP) is 2.23. The van der Waals surface area contributed by atoms with E-state index in [1.54, 1.807) is 6.92 Å². The molecule has 2 amide bonds. The highest BCUT2D eigenvalue weighted by molar-refractivity contribution is 5.86. The normalized spacial score (nSPS) is 40.8. The number of hydrogen-bond donors (Lipinski definition) is 2. The van der Waals surface area contributed by atoms with Gasteiger partial charge in [0.1, 0.15) is 0 Å². The quantitative estimate of drug-likeness (QED) is 0.821. The molecule has 4 aliphatic carbocycles. The van der Waals surface area contributed by atoms with E-state index in [0.29, 0.717) is 0 Å². The highest BCUT2D eigenvalue weighted by Gasteiger charge is 2.51. The molecule has 19 heavy (non-hydrogen) atoms. The Morgan fingerprint density at radius 2 is 1.53 bits per heavy atom. The number of rotatable bonds is 3. The molecule has 0 aliphatic heterocycles. The zero-order valence-corrected chi connectivity index (χ0v) is 11.9. The monoisotopic (exact) mass is 264 g/mol. The van der Waals surface area contributed by atoms with Gasteiger partial charge in [-0.25, -0.2) is 4.79 Å². The first-order valence-corrected chi connectivity index (χ1v) is 7.55. The number of amides is 2. The van der Waals surface area contributed by atoms with Crippen molar-refractivity contribution in [3.05, 3.63) is 0 Å². The van der Waals surface area contributed by atoms with E-state index in [2.05, 4.69) is 10.6 Å². The van der Waals surface area contributed by atoms with Gasteiger partial charge in [0.05, 0.1) is 6.04 Å². The molecule has 0 heterocycles. The van der Waals surface area contributed by atoms with Crippen molar-refractivity contribution >= 4 is 11.8 Å². The second kappa shape index (κ2) is 4.50. The number of ketones is 1. The van der Waals surface area contributed by atoms with Gasteiger partial charge in [-0.2, -0.15) is 0 Å². The molecule has 4 nitrogen and oxygen atoms in total. The van der Waals surface area contributed by atoms with Crippen molar-refractivity contribution in [2.24, 2.45) is 17.8 Å². The smallest absolute Gasteiger partial charge is 0.315 e. The lowest BCUT2D eigenvalue weighted by molar-refractivity contribution is -0.118. The van der Waals surface area contributed by atoms with Crippen LogP contribution in [-0.2, 0) is 4.79 Å². The van der Waals surface area contributed by atoms with Crippen LogP contribution in [0.25, 0.3) is 0 Å². The van der Waals surface area contributed by atoms with Gasteiger partial charge in [-0.15, -0.1) is 0 Å². The highest BCUT2D eigenvalue weighted by Crippen LogP contribution is 2.55. The molecular formula is C15H24N2O2. The van der Waals surface area contributed by atoms with Crippen LogP contribution < -0.4 is 10.6 Å². The summed E-state index contributed by atoms with van der Waals surface area (Å²) in [6.45, 7) is 3.25. The molecule has 1 atom stereocenters. The summed E-state index contributed by atoms with van der Waals surface area (Å²) in [7, 11) is 0. The fraction of sp³-hybridized carbons (Fsp3) is 0.867. The van der Waals surface area contributed by atoms with Gasteiger partial charge in [0, 0.05) is 5.54 Å². The third-order valence-electron chi connectivity index (χ3n) is 5.37. The lowest BCUT2D eigenvalue weighted by Gasteiger charge is -2.56. The molecule has 106 valence electrons. The van der Waals surface area contributed by atoms with E-state index in [4.69, 9.17) is 0 Å². The third-order valence-corrected chi connectivity index (χ3v) is 5.37. The van der Waals surface area contributed by atoms with Crippen LogP contribution in [0.5, 0.6) is 0 Å². The molecular weight excluding hydrogens is 240 g/mol. The molecule has 0 radical (unpaired) electrons. The molecule has 1 unspecified atom stereocenters.